The number of esters is 1. The van der Waals surface area contributed by atoms with Gasteiger partial charge in [-0.05, 0) is 37.6 Å². The maximum atomic E-state index is 12.3. The van der Waals surface area contributed by atoms with Crippen LogP contribution >= 0.6 is 0 Å². The topological polar surface area (TPSA) is 126 Å². The number of carbonyl (C=O) groups excluding carboxylic acids is 2. The Morgan fingerprint density at radius 2 is 2.00 bits per heavy atom. The van der Waals surface area contributed by atoms with Crippen LogP contribution in [0.1, 0.15) is 29.5 Å². The Morgan fingerprint density at radius 1 is 1.27 bits per heavy atom. The molecule has 1 aliphatic rings. The average molecular weight is 428 g/mol. The van der Waals surface area contributed by atoms with E-state index in [1.165, 1.54) is 6.08 Å². The third-order valence-electron chi connectivity index (χ3n) is 4.53. The van der Waals surface area contributed by atoms with Gasteiger partial charge in [0, 0.05) is 17.7 Å². The maximum absolute atomic E-state index is 12.3. The van der Waals surface area contributed by atoms with Crippen LogP contribution < -0.4 is 5.32 Å². The molecule has 8 nitrogen and oxygen atoms in total. The number of nitrogens with zero attached hydrogens (tertiary/aromatic N) is 1. The van der Waals surface area contributed by atoms with Crippen molar-refractivity contribution in [3.63, 3.8) is 0 Å². The second-order valence-corrected chi connectivity index (χ2v) is 8.97. The average Bonchev–Trinajstić information content (AvgIpc) is 3.32. The summed E-state index contributed by atoms with van der Waals surface area (Å²) < 4.78 is 33.6. The first-order chi connectivity index (χ1) is 14.3. The summed E-state index contributed by atoms with van der Waals surface area (Å²) >= 11 is 0. The number of nitriles is 1. The highest BCUT2D eigenvalue weighted by atomic mass is 32.2. The maximum Gasteiger partial charge on any atom is 0.338 e. The molecule has 1 aliphatic heterocycles. The number of hydrogen-bond acceptors (Lipinski definition) is 7. The smallest absolute Gasteiger partial charge is 0.338 e. The number of carbonyl (C=O) groups is 2. The Hall–Kier alpha value is -3.38. The summed E-state index contributed by atoms with van der Waals surface area (Å²) in [6, 6.07) is 11.3. The second-order valence-electron chi connectivity index (χ2n) is 6.74. The zero-order valence-electron chi connectivity index (χ0n) is 16.3. The third kappa shape index (κ3) is 5.15. The van der Waals surface area contributed by atoms with Gasteiger partial charge in [-0.25, -0.2) is 13.2 Å². The van der Waals surface area contributed by atoms with Crippen LogP contribution in [0.5, 0.6) is 0 Å². The highest BCUT2D eigenvalue weighted by Crippen LogP contribution is 2.24. The van der Waals surface area contributed by atoms with Crippen molar-refractivity contribution in [2.75, 3.05) is 18.1 Å². The van der Waals surface area contributed by atoms with E-state index in [1.807, 2.05) is 6.07 Å². The lowest BCUT2D eigenvalue weighted by Gasteiger charge is -2.09. The lowest BCUT2D eigenvalue weighted by molar-refractivity contribution is -0.117. The Labute approximate surface area is 174 Å². The van der Waals surface area contributed by atoms with Crippen LogP contribution in [0.2, 0.25) is 0 Å². The van der Waals surface area contributed by atoms with Gasteiger partial charge < -0.3 is 14.5 Å². The van der Waals surface area contributed by atoms with E-state index in [1.54, 1.807) is 43.3 Å². The summed E-state index contributed by atoms with van der Waals surface area (Å²) in [4.78, 5) is 24.0. The summed E-state index contributed by atoms with van der Waals surface area (Å²) in [5.41, 5.74) is 0.948. The zero-order valence-corrected chi connectivity index (χ0v) is 17.1. The van der Waals surface area contributed by atoms with Gasteiger partial charge in [0.1, 0.15) is 23.2 Å². The van der Waals surface area contributed by atoms with Crippen molar-refractivity contribution in [2.24, 2.45) is 0 Å². The molecule has 0 bridgehead atoms. The molecule has 1 atom stereocenters. The summed E-state index contributed by atoms with van der Waals surface area (Å²) in [5.74, 6) is -0.353. The minimum atomic E-state index is -3.14. The Balaban J connectivity index is 1.71. The van der Waals surface area contributed by atoms with E-state index >= 15 is 0 Å². The van der Waals surface area contributed by atoms with Crippen molar-refractivity contribution >= 4 is 27.8 Å². The standard InChI is InChI=1S/C21H20N2O6S/c1-2-28-21(25)15-5-3-14(4-6-15)19-8-7-18(29-19)11-16(12-22)20(24)23-17-9-10-30(26,27)13-17/h3-8,11,17H,2,9-10,13H2,1H3,(H,23,24)/b16-11-/t17-/m1/s1. The number of sulfone groups is 1. The monoisotopic (exact) mass is 428 g/mol. The first-order valence-electron chi connectivity index (χ1n) is 9.32. The summed E-state index contributed by atoms with van der Waals surface area (Å²) in [5, 5.41) is 11.9. The number of amides is 1. The van der Waals surface area contributed by atoms with Crippen molar-refractivity contribution in [1.82, 2.24) is 5.32 Å². The van der Waals surface area contributed by atoms with Gasteiger partial charge in [0.15, 0.2) is 9.84 Å². The molecule has 9 heteroatoms. The number of rotatable bonds is 6. The van der Waals surface area contributed by atoms with Crippen molar-refractivity contribution < 1.29 is 27.2 Å². The fourth-order valence-corrected chi connectivity index (χ4v) is 4.71. The van der Waals surface area contributed by atoms with Gasteiger partial charge in [-0.15, -0.1) is 0 Å². The van der Waals surface area contributed by atoms with Crippen LogP contribution in [0.15, 0.2) is 46.4 Å². The molecular formula is C21H20N2O6S. The molecule has 0 unspecified atom stereocenters. The Kier molecular flexibility index (Phi) is 6.37. The SMILES string of the molecule is CCOC(=O)c1ccc(-c2ccc(/C=C(/C#N)C(=O)N[C@@H]3CCS(=O)(=O)C3)o2)cc1. The lowest BCUT2D eigenvalue weighted by Crippen LogP contribution is -2.36. The van der Waals surface area contributed by atoms with Crippen molar-refractivity contribution in [2.45, 2.75) is 19.4 Å². The van der Waals surface area contributed by atoms with Crippen LogP contribution in [0, 0.1) is 11.3 Å². The minimum absolute atomic E-state index is 0.0278. The highest BCUT2D eigenvalue weighted by molar-refractivity contribution is 7.91. The molecule has 156 valence electrons. The number of benzene rings is 1. The molecule has 30 heavy (non-hydrogen) atoms. The molecule has 1 saturated heterocycles. The van der Waals surface area contributed by atoms with Gasteiger partial charge in [-0.2, -0.15) is 5.26 Å². The van der Waals surface area contributed by atoms with Crippen LogP contribution in [-0.4, -0.2) is 44.4 Å². The predicted octanol–water partition coefficient (Wildman–Crippen LogP) is 2.33. The number of furan rings is 1. The molecule has 2 aromatic rings. The zero-order chi connectivity index (χ0) is 21.7. The van der Waals surface area contributed by atoms with Gasteiger partial charge in [0.25, 0.3) is 5.91 Å². The van der Waals surface area contributed by atoms with E-state index in [4.69, 9.17) is 9.15 Å². The normalized spacial score (nSPS) is 17.9. The largest absolute Gasteiger partial charge is 0.462 e. The molecular weight excluding hydrogens is 408 g/mol. The van der Waals surface area contributed by atoms with Gasteiger partial charge >= 0.3 is 5.97 Å². The van der Waals surface area contributed by atoms with Gasteiger partial charge in [0.2, 0.25) is 0 Å². The second kappa shape index (κ2) is 8.97. The summed E-state index contributed by atoms with van der Waals surface area (Å²) in [6.07, 6.45) is 1.63. The first-order valence-corrected chi connectivity index (χ1v) is 11.1. The van der Waals surface area contributed by atoms with Crippen LogP contribution in [0.25, 0.3) is 17.4 Å². The fraction of sp³-hybridized carbons (Fsp3) is 0.286. The highest BCUT2D eigenvalue weighted by Gasteiger charge is 2.29. The summed E-state index contributed by atoms with van der Waals surface area (Å²) in [7, 11) is -3.14. The van der Waals surface area contributed by atoms with Gasteiger partial charge in [-0.1, -0.05) is 12.1 Å². The fourth-order valence-electron chi connectivity index (χ4n) is 3.03. The molecule has 1 amide bonds. The van der Waals surface area contributed by atoms with E-state index in [0.29, 0.717) is 35.7 Å². The van der Waals surface area contributed by atoms with E-state index in [2.05, 4.69) is 5.32 Å². The van der Waals surface area contributed by atoms with Crippen LogP contribution in [0.3, 0.4) is 0 Å². The van der Waals surface area contributed by atoms with E-state index in [-0.39, 0.29) is 17.1 Å². The first kappa shape index (κ1) is 21.3. The molecule has 0 aliphatic carbocycles. The molecule has 1 aromatic heterocycles. The molecule has 2 heterocycles. The van der Waals surface area contributed by atoms with E-state index in [9.17, 15) is 23.3 Å². The quantitative estimate of drug-likeness (QED) is 0.425. The predicted molar refractivity (Wildman–Crippen MR) is 109 cm³/mol. The lowest BCUT2D eigenvalue weighted by atomic mass is 10.1. The molecule has 0 radical (unpaired) electrons. The molecule has 1 aromatic carbocycles. The molecule has 1 N–H and O–H groups in total. The van der Waals surface area contributed by atoms with Gasteiger partial charge in [-0.3, -0.25) is 4.79 Å². The minimum Gasteiger partial charge on any atom is -0.462 e. The number of hydrogen-bond donors (Lipinski definition) is 1. The van der Waals surface area contributed by atoms with Gasteiger partial charge in [0.05, 0.1) is 23.7 Å². The van der Waals surface area contributed by atoms with Crippen LogP contribution in [0.4, 0.5) is 0 Å². The van der Waals surface area contributed by atoms with Crippen molar-refractivity contribution in [3.8, 4) is 17.4 Å². The molecule has 0 spiro atoms. The van der Waals surface area contributed by atoms with Crippen LogP contribution in [-0.2, 0) is 19.4 Å². The molecule has 3 rings (SSSR count). The number of ether oxygens (including phenoxy) is 1. The Bertz CT molecular complexity index is 1120. The summed E-state index contributed by atoms with van der Waals surface area (Å²) in [6.45, 7) is 2.02. The van der Waals surface area contributed by atoms with E-state index < -0.39 is 27.8 Å². The number of nitrogens with one attached hydrogen (secondary N) is 1. The van der Waals surface area contributed by atoms with Crippen molar-refractivity contribution in [3.05, 3.63) is 53.3 Å². The molecule has 1 fully saturated rings. The molecule has 0 saturated carbocycles. The Morgan fingerprint density at radius 3 is 2.60 bits per heavy atom. The van der Waals surface area contributed by atoms with Crippen molar-refractivity contribution in [1.29, 1.82) is 5.26 Å². The third-order valence-corrected chi connectivity index (χ3v) is 6.29. The van der Waals surface area contributed by atoms with E-state index in [0.717, 1.165) is 0 Å².